The Morgan fingerprint density at radius 1 is 1.35 bits per heavy atom. The van der Waals surface area contributed by atoms with Gasteiger partial charge in [-0.1, -0.05) is 0 Å². The van der Waals surface area contributed by atoms with Gasteiger partial charge in [0.25, 0.3) is 0 Å². The Morgan fingerprint density at radius 2 is 2.10 bits per heavy atom. The van der Waals surface area contributed by atoms with E-state index in [-0.39, 0.29) is 6.61 Å². The Kier molecular flexibility index (Phi) is 6.97. The van der Waals surface area contributed by atoms with Crippen LogP contribution >= 0.6 is 0 Å². The first kappa shape index (κ1) is 16.9. The highest BCUT2D eigenvalue weighted by Crippen LogP contribution is 2.14. The Bertz CT molecular complexity index is 394. The summed E-state index contributed by atoms with van der Waals surface area (Å²) in [5.41, 5.74) is 0.911. The van der Waals surface area contributed by atoms with Gasteiger partial charge in [0, 0.05) is 32.9 Å². The highest BCUT2D eigenvalue weighted by Gasteiger charge is 2.27. The molecule has 20 heavy (non-hydrogen) atoms. The monoisotopic (exact) mass is 295 g/mol. The van der Waals surface area contributed by atoms with Crippen LogP contribution in [0.25, 0.3) is 0 Å². The first-order valence-electron chi connectivity index (χ1n) is 6.29. The molecule has 0 aliphatic heterocycles. The predicted molar refractivity (Wildman–Crippen MR) is 67.4 cm³/mol. The summed E-state index contributed by atoms with van der Waals surface area (Å²) in [7, 11) is 1.62. The third-order valence-corrected chi connectivity index (χ3v) is 2.65. The quantitative estimate of drug-likeness (QED) is 0.702. The van der Waals surface area contributed by atoms with Crippen molar-refractivity contribution in [2.75, 3.05) is 33.5 Å². The Labute approximate surface area is 116 Å². The van der Waals surface area contributed by atoms with Gasteiger partial charge >= 0.3 is 6.18 Å². The Balaban J connectivity index is 2.38. The summed E-state index contributed by atoms with van der Waals surface area (Å²) in [6.07, 6.45) is -2.58. The van der Waals surface area contributed by atoms with Gasteiger partial charge in [-0.05, 0) is 6.92 Å². The minimum absolute atomic E-state index is 0.00177. The molecule has 0 aromatic carbocycles. The van der Waals surface area contributed by atoms with Gasteiger partial charge < -0.3 is 19.4 Å². The van der Waals surface area contributed by atoms with Crippen molar-refractivity contribution in [2.45, 2.75) is 26.2 Å². The molecule has 116 valence electrons. The maximum absolute atomic E-state index is 12.0. The molecule has 8 heteroatoms. The van der Waals surface area contributed by atoms with Crippen molar-refractivity contribution < 1.29 is 22.6 Å². The molecule has 0 radical (unpaired) electrons. The first-order valence-corrected chi connectivity index (χ1v) is 6.29. The number of imidazole rings is 1. The van der Waals surface area contributed by atoms with E-state index in [1.165, 1.54) is 0 Å². The third kappa shape index (κ3) is 6.36. The molecule has 1 N–H and O–H groups in total. The molecule has 0 bridgehead atoms. The summed E-state index contributed by atoms with van der Waals surface area (Å²) in [6, 6.07) is 0. The van der Waals surface area contributed by atoms with E-state index in [9.17, 15) is 13.2 Å². The van der Waals surface area contributed by atoms with E-state index in [1.54, 1.807) is 13.3 Å². The first-order chi connectivity index (χ1) is 9.44. The van der Waals surface area contributed by atoms with Gasteiger partial charge in [0.15, 0.2) is 0 Å². The molecule has 0 atom stereocenters. The van der Waals surface area contributed by atoms with E-state index < -0.39 is 12.8 Å². The maximum atomic E-state index is 12.0. The second-order valence-corrected chi connectivity index (χ2v) is 4.29. The van der Waals surface area contributed by atoms with Gasteiger partial charge in [-0.25, -0.2) is 4.98 Å². The average Bonchev–Trinajstić information content (AvgIpc) is 2.71. The van der Waals surface area contributed by atoms with E-state index in [0.717, 1.165) is 11.5 Å². The van der Waals surface area contributed by atoms with E-state index in [1.807, 2.05) is 11.5 Å². The highest BCUT2D eigenvalue weighted by molar-refractivity contribution is 5.04. The van der Waals surface area contributed by atoms with Crippen molar-refractivity contribution in [2.24, 2.45) is 0 Å². The summed E-state index contributed by atoms with van der Waals surface area (Å²) >= 11 is 0. The topological polar surface area (TPSA) is 48.3 Å². The molecule has 0 amide bonds. The number of aryl methyl sites for hydroxylation is 1. The fraction of sp³-hybridized carbons (Fsp3) is 0.750. The van der Waals surface area contributed by atoms with Crippen LogP contribution in [0.2, 0.25) is 0 Å². The molecule has 0 fully saturated rings. The lowest BCUT2D eigenvalue weighted by Gasteiger charge is -2.12. The number of nitrogens with one attached hydrogen (secondary N) is 1. The molecule has 0 aliphatic carbocycles. The minimum Gasteiger partial charge on any atom is -0.383 e. The lowest BCUT2D eigenvalue weighted by molar-refractivity contribution is -0.174. The largest absolute Gasteiger partial charge is 0.411 e. The molecule has 0 unspecified atom stereocenters. The smallest absolute Gasteiger partial charge is 0.383 e. The number of halogens is 3. The lowest BCUT2D eigenvalue weighted by atomic mass is 10.4. The SMILES string of the molecule is COCCNCc1cnc(C)n1CCOCC(F)(F)F. The zero-order valence-corrected chi connectivity index (χ0v) is 11.7. The predicted octanol–water partition coefficient (Wildman–Crippen LogP) is 1.51. The molecule has 0 saturated heterocycles. The average molecular weight is 295 g/mol. The molecule has 1 aromatic heterocycles. The van der Waals surface area contributed by atoms with Gasteiger partial charge in [-0.15, -0.1) is 0 Å². The zero-order chi connectivity index (χ0) is 15.0. The van der Waals surface area contributed by atoms with E-state index in [2.05, 4.69) is 15.0 Å². The Morgan fingerprint density at radius 3 is 2.75 bits per heavy atom. The van der Waals surface area contributed by atoms with Gasteiger partial charge in [-0.3, -0.25) is 0 Å². The molecule has 1 rings (SSSR count). The summed E-state index contributed by atoms with van der Waals surface area (Å²) in [5, 5.41) is 3.16. The molecular weight excluding hydrogens is 275 g/mol. The van der Waals surface area contributed by atoms with Crippen molar-refractivity contribution in [1.29, 1.82) is 0 Å². The normalized spacial score (nSPS) is 12.1. The number of alkyl halides is 3. The number of methoxy groups -OCH3 is 1. The van der Waals surface area contributed by atoms with Crippen LogP contribution < -0.4 is 5.32 Å². The fourth-order valence-corrected chi connectivity index (χ4v) is 1.70. The van der Waals surface area contributed by atoms with Gasteiger partial charge in [0.05, 0.1) is 18.9 Å². The third-order valence-electron chi connectivity index (χ3n) is 2.65. The number of hydrogen-bond acceptors (Lipinski definition) is 4. The second-order valence-electron chi connectivity index (χ2n) is 4.29. The van der Waals surface area contributed by atoms with Gasteiger partial charge in [0.2, 0.25) is 0 Å². The second kappa shape index (κ2) is 8.23. The van der Waals surface area contributed by atoms with E-state index >= 15 is 0 Å². The summed E-state index contributed by atoms with van der Waals surface area (Å²) in [4.78, 5) is 4.16. The number of rotatable bonds is 9. The van der Waals surface area contributed by atoms with Crippen molar-refractivity contribution >= 4 is 0 Å². The summed E-state index contributed by atoms with van der Waals surface area (Å²) < 4.78 is 47.2. The molecule has 0 aliphatic rings. The van der Waals surface area contributed by atoms with Crippen molar-refractivity contribution in [3.8, 4) is 0 Å². The van der Waals surface area contributed by atoms with Crippen LogP contribution in [0, 0.1) is 6.92 Å². The lowest BCUT2D eigenvalue weighted by Crippen LogP contribution is -2.22. The standard InChI is InChI=1S/C12H20F3N3O2/c1-10-17-8-11(7-16-3-5-19-2)18(10)4-6-20-9-12(13,14)15/h8,16H,3-7,9H2,1-2H3. The van der Waals surface area contributed by atoms with Gasteiger partial charge in [-0.2, -0.15) is 13.2 Å². The summed E-state index contributed by atoms with van der Waals surface area (Å²) in [5.74, 6) is 0.754. The number of nitrogens with zero attached hydrogens (tertiary/aromatic N) is 2. The molecular formula is C12H20F3N3O2. The number of ether oxygens (including phenoxy) is 2. The molecule has 0 saturated carbocycles. The number of aromatic nitrogens is 2. The molecule has 5 nitrogen and oxygen atoms in total. The van der Waals surface area contributed by atoms with Crippen LogP contribution in [-0.4, -0.2) is 49.2 Å². The van der Waals surface area contributed by atoms with Crippen LogP contribution in [-0.2, 0) is 22.6 Å². The molecule has 0 spiro atoms. The fourth-order valence-electron chi connectivity index (χ4n) is 1.70. The van der Waals surface area contributed by atoms with Crippen molar-refractivity contribution in [3.63, 3.8) is 0 Å². The number of hydrogen-bond donors (Lipinski definition) is 1. The zero-order valence-electron chi connectivity index (χ0n) is 11.7. The van der Waals surface area contributed by atoms with Crippen LogP contribution in [0.1, 0.15) is 11.5 Å². The van der Waals surface area contributed by atoms with Crippen LogP contribution in [0.4, 0.5) is 13.2 Å². The molecule has 1 heterocycles. The van der Waals surface area contributed by atoms with E-state index in [0.29, 0.717) is 26.2 Å². The minimum atomic E-state index is -4.28. The van der Waals surface area contributed by atoms with Crippen LogP contribution in [0.15, 0.2) is 6.20 Å². The summed E-state index contributed by atoms with van der Waals surface area (Å²) in [6.45, 7) is 2.83. The van der Waals surface area contributed by atoms with Crippen molar-refractivity contribution in [3.05, 3.63) is 17.7 Å². The van der Waals surface area contributed by atoms with Crippen molar-refractivity contribution in [1.82, 2.24) is 14.9 Å². The van der Waals surface area contributed by atoms with E-state index in [4.69, 9.17) is 4.74 Å². The maximum Gasteiger partial charge on any atom is 0.411 e. The van der Waals surface area contributed by atoms with Gasteiger partial charge in [0.1, 0.15) is 12.4 Å². The van der Waals surface area contributed by atoms with Crippen LogP contribution in [0.3, 0.4) is 0 Å². The highest BCUT2D eigenvalue weighted by atomic mass is 19.4. The molecule has 1 aromatic rings. The van der Waals surface area contributed by atoms with Crippen LogP contribution in [0.5, 0.6) is 0 Å². The Hall–Kier alpha value is -1.12.